The zero-order valence-electron chi connectivity index (χ0n) is 15.4. The van der Waals surface area contributed by atoms with Gasteiger partial charge in [-0.1, -0.05) is 23.7 Å². The van der Waals surface area contributed by atoms with E-state index in [1.165, 1.54) is 0 Å². The van der Waals surface area contributed by atoms with Gasteiger partial charge in [-0.15, -0.1) is 11.8 Å². The molecule has 3 aromatic rings. The first-order valence-corrected chi connectivity index (χ1v) is 10.4. The molecular formula is C20H22ClN3O2S. The summed E-state index contributed by atoms with van der Waals surface area (Å²) in [5.41, 5.74) is 2.26. The summed E-state index contributed by atoms with van der Waals surface area (Å²) >= 11 is 7.80. The first-order valence-electron chi connectivity index (χ1n) is 8.82. The molecule has 1 N–H and O–H groups in total. The molecular weight excluding hydrogens is 382 g/mol. The fourth-order valence-corrected chi connectivity index (χ4v) is 3.48. The van der Waals surface area contributed by atoms with Crippen LogP contribution in [0.5, 0.6) is 0 Å². The predicted octanol–water partition coefficient (Wildman–Crippen LogP) is 5.09. The molecule has 0 atom stereocenters. The van der Waals surface area contributed by atoms with E-state index in [0.29, 0.717) is 36.3 Å². The van der Waals surface area contributed by atoms with Gasteiger partial charge in [-0.25, -0.2) is 4.98 Å². The molecule has 0 unspecified atom stereocenters. The number of carbonyl (C=O) groups is 1. The van der Waals surface area contributed by atoms with Gasteiger partial charge in [0.25, 0.3) is 5.91 Å². The maximum Gasteiger partial charge on any atom is 0.259 e. The van der Waals surface area contributed by atoms with Crippen LogP contribution in [-0.2, 0) is 11.3 Å². The second-order valence-corrected chi connectivity index (χ2v) is 7.21. The Balaban J connectivity index is 1.88. The molecule has 0 saturated carbocycles. The number of imidazole rings is 1. The monoisotopic (exact) mass is 403 g/mol. The van der Waals surface area contributed by atoms with Crippen LogP contribution in [0.4, 0.5) is 5.95 Å². The predicted molar refractivity (Wildman–Crippen MR) is 112 cm³/mol. The Labute approximate surface area is 168 Å². The van der Waals surface area contributed by atoms with E-state index in [9.17, 15) is 4.79 Å². The molecule has 0 aliphatic carbocycles. The Kier molecular flexibility index (Phi) is 6.77. The molecule has 1 heterocycles. The van der Waals surface area contributed by atoms with Crippen LogP contribution in [-0.4, -0.2) is 34.9 Å². The van der Waals surface area contributed by atoms with Crippen LogP contribution in [0.2, 0.25) is 5.02 Å². The van der Waals surface area contributed by atoms with E-state index >= 15 is 0 Å². The Bertz CT molecular complexity index is 942. The van der Waals surface area contributed by atoms with E-state index in [1.807, 2.05) is 48.1 Å². The topological polar surface area (TPSA) is 56.1 Å². The summed E-state index contributed by atoms with van der Waals surface area (Å²) < 4.78 is 7.45. The van der Waals surface area contributed by atoms with E-state index in [2.05, 4.69) is 10.3 Å². The van der Waals surface area contributed by atoms with Crippen LogP contribution in [0.3, 0.4) is 0 Å². The molecule has 1 aromatic heterocycles. The van der Waals surface area contributed by atoms with Crippen LogP contribution in [0.25, 0.3) is 11.0 Å². The van der Waals surface area contributed by atoms with Gasteiger partial charge in [0.1, 0.15) is 0 Å². The third-order valence-electron chi connectivity index (χ3n) is 4.17. The molecule has 0 saturated heterocycles. The fraction of sp³-hybridized carbons (Fsp3) is 0.300. The molecule has 0 radical (unpaired) electrons. The number of fused-ring (bicyclic) bond motifs is 1. The van der Waals surface area contributed by atoms with Crippen molar-refractivity contribution in [3.05, 3.63) is 53.1 Å². The smallest absolute Gasteiger partial charge is 0.259 e. The Morgan fingerprint density at radius 1 is 1.30 bits per heavy atom. The summed E-state index contributed by atoms with van der Waals surface area (Å²) in [5, 5.41) is 3.35. The molecule has 27 heavy (non-hydrogen) atoms. The minimum absolute atomic E-state index is 0.266. The molecule has 142 valence electrons. The summed E-state index contributed by atoms with van der Waals surface area (Å²) in [7, 11) is 0. The van der Waals surface area contributed by atoms with Crippen molar-refractivity contribution in [3.63, 3.8) is 0 Å². The maximum atomic E-state index is 12.8. The van der Waals surface area contributed by atoms with Gasteiger partial charge in [-0.2, -0.15) is 0 Å². The molecule has 0 fully saturated rings. The first kappa shape index (κ1) is 19.7. The van der Waals surface area contributed by atoms with Crippen molar-refractivity contribution in [2.24, 2.45) is 0 Å². The number of benzene rings is 2. The Morgan fingerprint density at radius 2 is 2.11 bits per heavy atom. The number of nitrogens with one attached hydrogen (secondary N) is 1. The van der Waals surface area contributed by atoms with E-state index in [1.54, 1.807) is 23.9 Å². The lowest BCUT2D eigenvalue weighted by molar-refractivity contribution is 0.102. The highest BCUT2D eigenvalue weighted by Gasteiger charge is 2.16. The van der Waals surface area contributed by atoms with E-state index < -0.39 is 0 Å². The van der Waals surface area contributed by atoms with Crippen LogP contribution >= 0.6 is 23.4 Å². The normalized spacial score (nSPS) is 11.1. The minimum Gasteiger partial charge on any atom is -0.382 e. The highest BCUT2D eigenvalue weighted by Crippen LogP contribution is 2.25. The number of carbonyl (C=O) groups excluding carboxylic acids is 1. The molecule has 2 aromatic carbocycles. The van der Waals surface area contributed by atoms with E-state index in [0.717, 1.165) is 22.3 Å². The lowest BCUT2D eigenvalue weighted by Crippen LogP contribution is -2.17. The molecule has 3 rings (SSSR count). The van der Waals surface area contributed by atoms with Crippen molar-refractivity contribution in [2.75, 3.05) is 24.8 Å². The maximum absolute atomic E-state index is 12.8. The van der Waals surface area contributed by atoms with Crippen molar-refractivity contribution in [1.82, 2.24) is 9.55 Å². The Hall–Kier alpha value is -2.02. The van der Waals surface area contributed by atoms with Gasteiger partial charge < -0.3 is 9.30 Å². The summed E-state index contributed by atoms with van der Waals surface area (Å²) in [6.45, 7) is 4.04. The summed E-state index contributed by atoms with van der Waals surface area (Å²) in [4.78, 5) is 18.4. The summed E-state index contributed by atoms with van der Waals surface area (Å²) in [5.74, 6) is 0.251. The van der Waals surface area contributed by atoms with Gasteiger partial charge in [0, 0.05) is 24.7 Å². The van der Waals surface area contributed by atoms with Crippen molar-refractivity contribution in [1.29, 1.82) is 0 Å². The minimum atomic E-state index is -0.266. The highest BCUT2D eigenvalue weighted by atomic mass is 35.5. The van der Waals surface area contributed by atoms with Gasteiger partial charge in [-0.05, 0) is 49.9 Å². The van der Waals surface area contributed by atoms with Crippen LogP contribution in [0.15, 0.2) is 47.4 Å². The van der Waals surface area contributed by atoms with Crippen molar-refractivity contribution < 1.29 is 9.53 Å². The molecule has 0 spiro atoms. The lowest BCUT2D eigenvalue weighted by Gasteiger charge is -2.11. The number of hydrogen-bond acceptors (Lipinski definition) is 4. The number of aryl methyl sites for hydroxylation is 1. The first-order chi connectivity index (χ1) is 13.1. The van der Waals surface area contributed by atoms with Gasteiger partial charge in [0.05, 0.1) is 21.6 Å². The average molecular weight is 404 g/mol. The quantitative estimate of drug-likeness (QED) is 0.420. The summed E-state index contributed by atoms with van der Waals surface area (Å²) in [6, 6.07) is 13.3. The average Bonchev–Trinajstić information content (AvgIpc) is 3.02. The molecule has 5 nitrogen and oxygen atoms in total. The number of aromatic nitrogens is 2. The number of nitrogens with zero attached hydrogens (tertiary/aromatic N) is 2. The summed E-state index contributed by atoms with van der Waals surface area (Å²) in [6.07, 6.45) is 2.79. The van der Waals surface area contributed by atoms with E-state index in [-0.39, 0.29) is 5.91 Å². The SMILES string of the molecule is CCOCCCn1c(NC(=O)c2cc(SC)ccc2Cl)nc2ccccc21. The van der Waals surface area contributed by atoms with Crippen molar-refractivity contribution in [3.8, 4) is 0 Å². The van der Waals surface area contributed by atoms with Crippen molar-refractivity contribution in [2.45, 2.75) is 24.8 Å². The standard InChI is InChI=1S/C20H22ClN3O2S/c1-3-26-12-6-11-24-18-8-5-4-7-17(18)22-20(24)23-19(25)15-13-14(27-2)9-10-16(15)21/h4-5,7-10,13H,3,6,11-12H2,1-2H3,(H,22,23,25). The van der Waals surface area contributed by atoms with Gasteiger partial charge in [0.2, 0.25) is 5.95 Å². The number of anilines is 1. The second kappa shape index (κ2) is 9.26. The fourth-order valence-electron chi connectivity index (χ4n) is 2.84. The highest BCUT2D eigenvalue weighted by molar-refractivity contribution is 7.98. The number of amides is 1. The number of ether oxygens (including phenoxy) is 1. The number of halogens is 1. The third-order valence-corrected chi connectivity index (χ3v) is 5.23. The number of hydrogen-bond donors (Lipinski definition) is 1. The molecule has 1 amide bonds. The second-order valence-electron chi connectivity index (χ2n) is 5.93. The zero-order valence-corrected chi connectivity index (χ0v) is 16.9. The lowest BCUT2D eigenvalue weighted by atomic mass is 10.2. The van der Waals surface area contributed by atoms with Crippen LogP contribution < -0.4 is 5.32 Å². The van der Waals surface area contributed by atoms with Crippen LogP contribution in [0, 0.1) is 0 Å². The molecule has 0 aliphatic rings. The molecule has 0 bridgehead atoms. The number of para-hydroxylation sites is 2. The number of thioether (sulfide) groups is 1. The molecule has 0 aliphatic heterocycles. The number of rotatable bonds is 8. The third kappa shape index (κ3) is 4.64. The molecule has 7 heteroatoms. The Morgan fingerprint density at radius 3 is 2.89 bits per heavy atom. The largest absolute Gasteiger partial charge is 0.382 e. The van der Waals surface area contributed by atoms with Crippen LogP contribution in [0.1, 0.15) is 23.7 Å². The van der Waals surface area contributed by atoms with Gasteiger partial charge >= 0.3 is 0 Å². The van der Waals surface area contributed by atoms with Crippen molar-refractivity contribution >= 4 is 46.3 Å². The van der Waals surface area contributed by atoms with Gasteiger partial charge in [0.15, 0.2) is 0 Å². The van der Waals surface area contributed by atoms with Gasteiger partial charge in [-0.3, -0.25) is 10.1 Å². The van der Waals surface area contributed by atoms with E-state index in [4.69, 9.17) is 16.3 Å². The zero-order chi connectivity index (χ0) is 19.2.